The smallest absolute Gasteiger partial charge is 0.321 e. The van der Waals surface area contributed by atoms with E-state index in [1.54, 1.807) is 30.3 Å². The van der Waals surface area contributed by atoms with Gasteiger partial charge in [0.1, 0.15) is 24.4 Å². The molecule has 0 radical (unpaired) electrons. The lowest BCUT2D eigenvalue weighted by molar-refractivity contribution is -0.141. The van der Waals surface area contributed by atoms with Gasteiger partial charge in [-0.15, -0.1) is 0 Å². The van der Waals surface area contributed by atoms with Gasteiger partial charge in [0, 0.05) is 0 Å². The second-order valence-corrected chi connectivity index (χ2v) is 5.11. The lowest BCUT2D eigenvalue weighted by Gasteiger charge is -2.21. The molecule has 8 nitrogen and oxygen atoms in total. The first-order chi connectivity index (χ1) is 10.9. The fourth-order valence-electron chi connectivity index (χ4n) is 1.93. The van der Waals surface area contributed by atoms with E-state index in [0.717, 1.165) is 5.56 Å². The minimum absolute atomic E-state index is 0.140. The zero-order valence-electron chi connectivity index (χ0n) is 12.4. The molecule has 8 heteroatoms. The van der Waals surface area contributed by atoms with Crippen molar-refractivity contribution in [2.45, 2.75) is 30.8 Å². The average Bonchev–Trinajstić information content (AvgIpc) is 2.56. The molecule has 23 heavy (non-hydrogen) atoms. The summed E-state index contributed by atoms with van der Waals surface area (Å²) in [5, 5.41) is 48.5. The third-order valence-electron chi connectivity index (χ3n) is 3.34. The molecular formula is C15H21NO7. The van der Waals surface area contributed by atoms with Gasteiger partial charge in [-0.25, -0.2) is 0 Å². The van der Waals surface area contributed by atoms with Gasteiger partial charge in [0.05, 0.1) is 13.2 Å². The largest absolute Gasteiger partial charge is 0.480 e. The molecule has 1 unspecified atom stereocenters. The number of nitrogens with one attached hydrogen (secondary N) is 1. The van der Waals surface area contributed by atoms with Crippen LogP contribution < -0.4 is 5.32 Å². The molecule has 0 fully saturated rings. The van der Waals surface area contributed by atoms with Crippen LogP contribution in [0.3, 0.4) is 0 Å². The fraction of sp³-hybridized carbons (Fsp3) is 0.467. The van der Waals surface area contributed by atoms with Crippen LogP contribution in [0.4, 0.5) is 0 Å². The van der Waals surface area contributed by atoms with E-state index in [9.17, 15) is 24.9 Å². The van der Waals surface area contributed by atoms with Crippen LogP contribution >= 0.6 is 0 Å². The molecule has 128 valence electrons. The predicted molar refractivity (Wildman–Crippen MR) is 79.7 cm³/mol. The predicted octanol–water partition coefficient (Wildman–Crippen LogP) is -2.08. The van der Waals surface area contributed by atoms with Crippen LogP contribution in [0.15, 0.2) is 30.3 Å². The monoisotopic (exact) mass is 327 g/mol. The van der Waals surface area contributed by atoms with E-state index in [4.69, 9.17) is 10.2 Å². The Kier molecular flexibility index (Phi) is 7.79. The summed E-state index contributed by atoms with van der Waals surface area (Å²) < 4.78 is 0. The number of rotatable bonds is 10. The molecule has 6 N–H and O–H groups in total. The Balaban J connectivity index is 2.58. The van der Waals surface area contributed by atoms with Crippen LogP contribution in [0, 0.1) is 0 Å². The Morgan fingerprint density at radius 3 is 2.22 bits per heavy atom. The lowest BCUT2D eigenvalue weighted by Crippen LogP contribution is -2.49. The van der Waals surface area contributed by atoms with Crippen LogP contribution in [-0.2, 0) is 16.0 Å². The summed E-state index contributed by atoms with van der Waals surface area (Å²) in [6, 6.07) is 7.76. The van der Waals surface area contributed by atoms with Crippen molar-refractivity contribution in [3.8, 4) is 0 Å². The van der Waals surface area contributed by atoms with Gasteiger partial charge in [-0.3, -0.25) is 14.9 Å². The molecule has 4 atom stereocenters. The number of carboxylic acid groups (broad SMARTS) is 1. The van der Waals surface area contributed by atoms with Crippen LogP contribution in [0.2, 0.25) is 0 Å². The first-order valence-electron chi connectivity index (χ1n) is 7.04. The summed E-state index contributed by atoms with van der Waals surface area (Å²) in [7, 11) is 0. The standard InChI is InChI=1S/C15H21NO7/c17-8-12(19)14(21)13(20)11(18)7-16-10(15(22)23)6-9-4-2-1-3-5-9/h1-5,10,12-14,16-17,19-21H,6-8H2,(H,22,23)/t10?,12-,13-,14-/m1/s1. The topological polar surface area (TPSA) is 147 Å². The molecule has 0 bridgehead atoms. The van der Waals surface area contributed by atoms with Gasteiger partial charge >= 0.3 is 5.97 Å². The van der Waals surface area contributed by atoms with E-state index >= 15 is 0 Å². The highest BCUT2D eigenvalue weighted by Gasteiger charge is 2.30. The summed E-state index contributed by atoms with van der Waals surface area (Å²) in [4.78, 5) is 22.9. The van der Waals surface area contributed by atoms with Crippen molar-refractivity contribution >= 4 is 11.8 Å². The van der Waals surface area contributed by atoms with E-state index in [2.05, 4.69) is 5.32 Å². The van der Waals surface area contributed by atoms with Crippen molar-refractivity contribution < 1.29 is 35.1 Å². The molecule has 0 spiro atoms. The van der Waals surface area contributed by atoms with Gasteiger partial charge in [-0.1, -0.05) is 30.3 Å². The lowest BCUT2D eigenvalue weighted by atomic mass is 10.0. The number of aliphatic carboxylic acids is 1. The second kappa shape index (κ2) is 9.33. The van der Waals surface area contributed by atoms with Gasteiger partial charge in [0.25, 0.3) is 0 Å². The minimum atomic E-state index is -1.92. The zero-order chi connectivity index (χ0) is 17.4. The molecule has 0 amide bonds. The Bertz CT molecular complexity index is 508. The maximum absolute atomic E-state index is 11.7. The van der Waals surface area contributed by atoms with Crippen LogP contribution in [-0.4, -0.2) is 74.8 Å². The number of hydrogen-bond donors (Lipinski definition) is 6. The number of aliphatic hydroxyl groups excluding tert-OH is 4. The highest BCUT2D eigenvalue weighted by Crippen LogP contribution is 2.05. The van der Waals surface area contributed by atoms with Gasteiger partial charge < -0.3 is 25.5 Å². The molecule has 1 rings (SSSR count). The number of carbonyl (C=O) groups is 2. The minimum Gasteiger partial charge on any atom is -0.480 e. The summed E-state index contributed by atoms with van der Waals surface area (Å²) >= 11 is 0. The molecule has 1 aromatic rings. The molecule has 0 aromatic heterocycles. The van der Waals surface area contributed by atoms with E-state index in [1.807, 2.05) is 0 Å². The molecule has 0 heterocycles. The Hall–Kier alpha value is -1.84. The third-order valence-corrected chi connectivity index (χ3v) is 3.34. The van der Waals surface area contributed by atoms with Crippen molar-refractivity contribution in [1.29, 1.82) is 0 Å². The number of aliphatic hydroxyl groups is 4. The van der Waals surface area contributed by atoms with Crippen molar-refractivity contribution in [1.82, 2.24) is 5.32 Å². The third kappa shape index (κ3) is 6.05. The number of benzene rings is 1. The number of carbonyl (C=O) groups excluding carboxylic acids is 1. The summed E-state index contributed by atoms with van der Waals surface area (Å²) in [6.45, 7) is -1.31. The normalized spacial score (nSPS) is 16.3. The van der Waals surface area contributed by atoms with E-state index in [0.29, 0.717) is 0 Å². The Labute approximate surface area is 133 Å². The quantitative estimate of drug-likeness (QED) is 0.287. The van der Waals surface area contributed by atoms with Crippen LogP contribution in [0.5, 0.6) is 0 Å². The summed E-state index contributed by atoms with van der Waals surface area (Å²) in [5.41, 5.74) is 0.760. The molecule has 0 aliphatic heterocycles. The van der Waals surface area contributed by atoms with Crippen LogP contribution in [0.1, 0.15) is 5.56 Å². The highest BCUT2D eigenvalue weighted by molar-refractivity contribution is 5.86. The molecule has 1 aromatic carbocycles. The van der Waals surface area contributed by atoms with Crippen molar-refractivity contribution in [2.24, 2.45) is 0 Å². The highest BCUT2D eigenvalue weighted by atomic mass is 16.4. The first-order valence-corrected chi connectivity index (χ1v) is 7.04. The SMILES string of the molecule is O=C(O)C(Cc1ccccc1)NCC(=O)[C@@H](O)[C@H](O)[C@H](O)CO. The maximum atomic E-state index is 11.7. The molecule has 0 saturated heterocycles. The molecule has 0 aliphatic carbocycles. The van der Waals surface area contributed by atoms with Gasteiger partial charge in [0.15, 0.2) is 5.78 Å². The summed E-state index contributed by atoms with van der Waals surface area (Å²) in [6.07, 6.45) is -5.28. The van der Waals surface area contributed by atoms with E-state index in [-0.39, 0.29) is 6.42 Å². The molecule has 0 saturated carbocycles. The first kappa shape index (κ1) is 19.2. The van der Waals surface area contributed by atoms with E-state index in [1.165, 1.54) is 0 Å². The average molecular weight is 327 g/mol. The maximum Gasteiger partial charge on any atom is 0.321 e. The number of Topliss-reactive ketones (excluding diaryl/α,β-unsaturated/α-hetero) is 1. The summed E-state index contributed by atoms with van der Waals surface area (Å²) in [5.74, 6) is -2.05. The van der Waals surface area contributed by atoms with E-state index < -0.39 is 49.3 Å². The molecule has 0 aliphatic rings. The van der Waals surface area contributed by atoms with Crippen molar-refractivity contribution in [3.63, 3.8) is 0 Å². The van der Waals surface area contributed by atoms with Crippen molar-refractivity contribution in [3.05, 3.63) is 35.9 Å². The zero-order valence-corrected chi connectivity index (χ0v) is 12.4. The number of ketones is 1. The van der Waals surface area contributed by atoms with Crippen molar-refractivity contribution in [2.75, 3.05) is 13.2 Å². The van der Waals surface area contributed by atoms with Gasteiger partial charge in [-0.05, 0) is 12.0 Å². The van der Waals surface area contributed by atoms with Gasteiger partial charge in [-0.2, -0.15) is 0 Å². The number of carboxylic acids is 1. The molecular weight excluding hydrogens is 306 g/mol. The van der Waals surface area contributed by atoms with Crippen LogP contribution in [0.25, 0.3) is 0 Å². The second-order valence-electron chi connectivity index (χ2n) is 5.11. The fourth-order valence-corrected chi connectivity index (χ4v) is 1.93. The van der Waals surface area contributed by atoms with Gasteiger partial charge in [0.2, 0.25) is 0 Å². The Morgan fingerprint density at radius 1 is 1.09 bits per heavy atom. The number of hydrogen-bond acceptors (Lipinski definition) is 7. The Morgan fingerprint density at radius 2 is 1.70 bits per heavy atom.